The van der Waals surface area contributed by atoms with Crippen LogP contribution in [0.3, 0.4) is 0 Å². The maximum Gasteiger partial charge on any atom is 0.323 e. The SMILES string of the molecule is Cc1ccc2cccc(NS(=O)(=O)C(C)C(=O)O)c2n1. The number of carboxylic acid groups (broad SMARTS) is 1. The number of aromatic nitrogens is 1. The highest BCUT2D eigenvalue weighted by molar-refractivity contribution is 7.94. The fraction of sp³-hybridized carbons (Fsp3) is 0.231. The molecule has 1 aromatic carbocycles. The number of fused-ring (bicyclic) bond motifs is 1. The van der Waals surface area contributed by atoms with Crippen LogP contribution in [0.1, 0.15) is 12.6 Å². The molecule has 0 aliphatic carbocycles. The first-order valence-corrected chi connectivity index (χ1v) is 7.47. The molecular weight excluding hydrogens is 280 g/mol. The van der Waals surface area contributed by atoms with E-state index in [0.29, 0.717) is 5.52 Å². The van der Waals surface area contributed by atoms with Gasteiger partial charge in [-0.3, -0.25) is 14.5 Å². The third-order valence-electron chi connectivity index (χ3n) is 2.92. The van der Waals surface area contributed by atoms with Crippen LogP contribution in [0, 0.1) is 6.92 Å². The zero-order valence-corrected chi connectivity index (χ0v) is 11.8. The normalized spacial score (nSPS) is 13.1. The number of rotatable bonds is 4. The van der Waals surface area contributed by atoms with Gasteiger partial charge in [0.25, 0.3) is 0 Å². The minimum atomic E-state index is -4.01. The lowest BCUT2D eigenvalue weighted by Crippen LogP contribution is -2.32. The topological polar surface area (TPSA) is 96.4 Å². The van der Waals surface area contributed by atoms with E-state index in [9.17, 15) is 13.2 Å². The van der Waals surface area contributed by atoms with E-state index in [2.05, 4.69) is 9.71 Å². The molecule has 0 radical (unpaired) electrons. The van der Waals surface area contributed by atoms with Gasteiger partial charge in [-0.15, -0.1) is 0 Å². The molecule has 0 amide bonds. The van der Waals surface area contributed by atoms with Gasteiger partial charge < -0.3 is 5.11 Å². The maximum atomic E-state index is 12.0. The molecule has 0 saturated carbocycles. The lowest BCUT2D eigenvalue weighted by atomic mass is 10.2. The number of pyridine rings is 1. The Kier molecular flexibility index (Phi) is 3.63. The Balaban J connectivity index is 2.49. The zero-order chi connectivity index (χ0) is 14.9. The second kappa shape index (κ2) is 5.09. The van der Waals surface area contributed by atoms with E-state index in [1.807, 2.05) is 12.1 Å². The summed E-state index contributed by atoms with van der Waals surface area (Å²) in [6.07, 6.45) is 0. The van der Waals surface area contributed by atoms with E-state index in [1.165, 1.54) is 0 Å². The molecule has 1 aromatic heterocycles. The van der Waals surface area contributed by atoms with Crippen molar-refractivity contribution in [1.29, 1.82) is 0 Å². The van der Waals surface area contributed by atoms with Crippen LogP contribution < -0.4 is 4.72 Å². The third kappa shape index (κ3) is 2.72. The average Bonchev–Trinajstić information content (AvgIpc) is 2.38. The van der Waals surface area contributed by atoms with Gasteiger partial charge in [-0.1, -0.05) is 18.2 Å². The summed E-state index contributed by atoms with van der Waals surface area (Å²) in [5.74, 6) is -1.40. The summed E-state index contributed by atoms with van der Waals surface area (Å²) >= 11 is 0. The zero-order valence-electron chi connectivity index (χ0n) is 11.0. The van der Waals surface area contributed by atoms with Crippen molar-refractivity contribution < 1.29 is 18.3 Å². The molecule has 1 atom stereocenters. The molecule has 0 saturated heterocycles. The summed E-state index contributed by atoms with van der Waals surface area (Å²) in [7, 11) is -4.01. The summed E-state index contributed by atoms with van der Waals surface area (Å²) < 4.78 is 26.2. The second-order valence-corrected chi connectivity index (χ2v) is 6.46. The summed E-state index contributed by atoms with van der Waals surface area (Å²) in [5.41, 5.74) is 1.52. The molecule has 6 nitrogen and oxygen atoms in total. The first-order valence-electron chi connectivity index (χ1n) is 5.92. The Morgan fingerprint density at radius 1 is 1.30 bits per heavy atom. The number of nitrogens with one attached hydrogen (secondary N) is 1. The molecule has 2 aromatic rings. The highest BCUT2D eigenvalue weighted by Gasteiger charge is 2.28. The van der Waals surface area contributed by atoms with E-state index < -0.39 is 21.2 Å². The standard InChI is InChI=1S/C13H14N2O4S/c1-8-6-7-10-4-3-5-11(12(10)14-8)15-20(18,19)9(2)13(16)17/h3-7,9,15H,1-2H3,(H,16,17). The van der Waals surface area contributed by atoms with Crippen molar-refractivity contribution in [3.8, 4) is 0 Å². The monoisotopic (exact) mass is 294 g/mol. The number of carboxylic acids is 1. The molecule has 1 unspecified atom stereocenters. The fourth-order valence-corrected chi connectivity index (χ4v) is 2.61. The molecule has 0 fully saturated rings. The minimum Gasteiger partial charge on any atom is -0.480 e. The number of benzene rings is 1. The molecule has 20 heavy (non-hydrogen) atoms. The lowest BCUT2D eigenvalue weighted by Gasteiger charge is -2.13. The molecule has 1 heterocycles. The van der Waals surface area contributed by atoms with Gasteiger partial charge in [-0.25, -0.2) is 8.42 Å². The summed E-state index contributed by atoms with van der Waals surface area (Å²) in [5, 5.41) is 8.06. The predicted molar refractivity (Wildman–Crippen MR) is 76.1 cm³/mol. The number of nitrogens with zero attached hydrogens (tertiary/aromatic N) is 1. The van der Waals surface area contributed by atoms with Gasteiger partial charge in [0, 0.05) is 11.1 Å². The highest BCUT2D eigenvalue weighted by Crippen LogP contribution is 2.23. The molecule has 0 spiro atoms. The van der Waals surface area contributed by atoms with Crippen molar-refractivity contribution in [1.82, 2.24) is 4.98 Å². The van der Waals surface area contributed by atoms with Crippen molar-refractivity contribution in [3.05, 3.63) is 36.0 Å². The largest absolute Gasteiger partial charge is 0.480 e. The molecule has 7 heteroatoms. The minimum absolute atomic E-state index is 0.277. The number of anilines is 1. The van der Waals surface area contributed by atoms with Gasteiger partial charge in [-0.05, 0) is 26.0 Å². The predicted octanol–water partition coefficient (Wildman–Crippen LogP) is 1.76. The number of aryl methyl sites for hydroxylation is 1. The first-order chi connectivity index (χ1) is 9.31. The highest BCUT2D eigenvalue weighted by atomic mass is 32.2. The van der Waals surface area contributed by atoms with Crippen molar-refractivity contribution in [3.63, 3.8) is 0 Å². The van der Waals surface area contributed by atoms with Crippen LogP contribution >= 0.6 is 0 Å². The number of hydrogen-bond donors (Lipinski definition) is 2. The average molecular weight is 294 g/mol. The van der Waals surface area contributed by atoms with Gasteiger partial charge in [0.15, 0.2) is 5.25 Å². The number of sulfonamides is 1. The van der Waals surface area contributed by atoms with Gasteiger partial charge in [0.1, 0.15) is 0 Å². The van der Waals surface area contributed by atoms with Crippen molar-refractivity contribution in [2.75, 3.05) is 4.72 Å². The Hall–Kier alpha value is -2.15. The van der Waals surface area contributed by atoms with Crippen LogP contribution in [0.25, 0.3) is 10.9 Å². The van der Waals surface area contributed by atoms with Crippen molar-refractivity contribution in [2.24, 2.45) is 0 Å². The van der Waals surface area contributed by atoms with Crippen LogP contribution in [0.5, 0.6) is 0 Å². The van der Waals surface area contributed by atoms with Crippen LogP contribution in [0.15, 0.2) is 30.3 Å². The fourth-order valence-electron chi connectivity index (χ4n) is 1.70. The molecular formula is C13H14N2O4S. The maximum absolute atomic E-state index is 12.0. The van der Waals surface area contributed by atoms with Crippen molar-refractivity contribution >= 4 is 32.6 Å². The summed E-state index contributed by atoms with van der Waals surface area (Å²) in [6.45, 7) is 2.92. The number of aliphatic carboxylic acids is 1. The van der Waals surface area contributed by atoms with E-state index >= 15 is 0 Å². The van der Waals surface area contributed by atoms with Crippen LogP contribution in [-0.4, -0.2) is 29.7 Å². The molecule has 2 N–H and O–H groups in total. The second-order valence-electron chi connectivity index (χ2n) is 4.46. The number of carbonyl (C=O) groups is 1. The van der Waals surface area contributed by atoms with E-state index in [-0.39, 0.29) is 5.69 Å². The van der Waals surface area contributed by atoms with Crippen LogP contribution in [0.2, 0.25) is 0 Å². The summed E-state index contributed by atoms with van der Waals surface area (Å²) in [4.78, 5) is 15.1. The Labute approximate surface area is 116 Å². The van der Waals surface area contributed by atoms with E-state index in [1.54, 1.807) is 25.1 Å². The lowest BCUT2D eigenvalue weighted by molar-refractivity contribution is -0.136. The Morgan fingerprint density at radius 3 is 2.65 bits per heavy atom. The Bertz CT molecular complexity index is 771. The molecule has 106 valence electrons. The molecule has 2 rings (SSSR count). The number of hydrogen-bond acceptors (Lipinski definition) is 4. The van der Waals surface area contributed by atoms with E-state index in [4.69, 9.17) is 5.11 Å². The van der Waals surface area contributed by atoms with Gasteiger partial charge >= 0.3 is 5.97 Å². The first kappa shape index (κ1) is 14.3. The van der Waals surface area contributed by atoms with Gasteiger partial charge in [-0.2, -0.15) is 0 Å². The quantitative estimate of drug-likeness (QED) is 0.895. The third-order valence-corrected chi connectivity index (χ3v) is 4.56. The summed E-state index contributed by atoms with van der Waals surface area (Å²) in [6, 6.07) is 8.69. The van der Waals surface area contributed by atoms with Crippen LogP contribution in [0.4, 0.5) is 5.69 Å². The molecule has 0 aliphatic heterocycles. The smallest absolute Gasteiger partial charge is 0.323 e. The van der Waals surface area contributed by atoms with Crippen molar-refractivity contribution in [2.45, 2.75) is 19.1 Å². The number of para-hydroxylation sites is 1. The van der Waals surface area contributed by atoms with Gasteiger partial charge in [0.05, 0.1) is 11.2 Å². The molecule has 0 bridgehead atoms. The van der Waals surface area contributed by atoms with Crippen LogP contribution in [-0.2, 0) is 14.8 Å². The molecule has 0 aliphatic rings. The van der Waals surface area contributed by atoms with E-state index in [0.717, 1.165) is 18.0 Å². The Morgan fingerprint density at radius 2 is 2.00 bits per heavy atom. The van der Waals surface area contributed by atoms with Gasteiger partial charge in [0.2, 0.25) is 10.0 Å².